The molecule has 0 aliphatic heterocycles. The summed E-state index contributed by atoms with van der Waals surface area (Å²) in [5.74, 6) is -2.16. The second-order valence-corrected chi connectivity index (χ2v) is 3.37. The van der Waals surface area contributed by atoms with Crippen LogP contribution < -0.4 is 31.3 Å². The minimum atomic E-state index is -1.09. The maximum atomic E-state index is 11.1. The number of rotatable bonds is 5. The predicted molar refractivity (Wildman–Crippen MR) is 42.7 cm³/mol. The predicted octanol–water partition coefficient (Wildman–Crippen LogP) is -3.56. The number of halogens is 1. The van der Waals surface area contributed by atoms with E-state index in [1.54, 1.807) is 6.92 Å². The van der Waals surface area contributed by atoms with Crippen LogP contribution in [0.25, 0.3) is 0 Å². The second kappa shape index (κ2) is 7.43. The Balaban J connectivity index is 4.15. The quantitative estimate of drug-likeness (QED) is 0.235. The number of carbonyl (C=O) groups is 2. The van der Waals surface area contributed by atoms with Gasteiger partial charge < -0.3 is 0 Å². The first-order valence-corrected chi connectivity index (χ1v) is 6.49. The molecule has 0 aliphatic carbocycles. The summed E-state index contributed by atoms with van der Waals surface area (Å²) < 4.78 is 14.2. The van der Waals surface area contributed by atoms with E-state index >= 15 is 0 Å². The third-order valence-corrected chi connectivity index (χ3v) is 2.26. The summed E-state index contributed by atoms with van der Waals surface area (Å²) >= 11 is -1.09. The van der Waals surface area contributed by atoms with E-state index in [9.17, 15) is 9.59 Å². The summed E-state index contributed by atoms with van der Waals surface area (Å²) in [4.78, 5) is 22.1. The molecular weight excluding hydrogens is 310 g/mol. The van der Waals surface area contributed by atoms with Gasteiger partial charge in [0, 0.05) is 0 Å². The second-order valence-electron chi connectivity index (χ2n) is 1.99. The summed E-state index contributed by atoms with van der Waals surface area (Å²) in [7, 11) is -0.451. The van der Waals surface area contributed by atoms with E-state index in [1.807, 2.05) is 0 Å². The standard InChI is InChI=1S/C5H11IN2O4P/c1-2-3(4(9)11-6-7)5(10)12-13-8/h3,13H,2,7-8H2,1H3/q-1. The topological polar surface area (TPSA) is 105 Å². The summed E-state index contributed by atoms with van der Waals surface area (Å²) in [5.41, 5.74) is 5.01. The minimum absolute atomic E-state index is 0.325. The van der Waals surface area contributed by atoms with Crippen LogP contribution in [0.3, 0.4) is 0 Å². The molecule has 78 valence electrons. The Hall–Kier alpha value is 0.0200. The molecule has 0 bridgehead atoms. The van der Waals surface area contributed by atoms with Crippen molar-refractivity contribution < 1.29 is 39.1 Å². The Morgan fingerprint density at radius 2 is 2.15 bits per heavy atom. The number of carbonyl (C=O) groups excluding carboxylic acids is 2. The molecule has 0 saturated carbocycles. The average Bonchev–Trinajstić information content (AvgIpc) is 2.06. The van der Waals surface area contributed by atoms with Crippen LogP contribution in [0.5, 0.6) is 0 Å². The number of hydrogen-bond donors (Lipinski definition) is 2. The Morgan fingerprint density at radius 1 is 1.54 bits per heavy atom. The molecule has 0 aliphatic rings. The zero-order chi connectivity index (χ0) is 10.3. The first-order chi connectivity index (χ1) is 6.17. The molecule has 0 radical (unpaired) electrons. The van der Waals surface area contributed by atoms with Gasteiger partial charge in [0.05, 0.1) is 0 Å². The fourth-order valence-corrected chi connectivity index (χ4v) is 1.47. The Bertz CT molecular complexity index is 173. The summed E-state index contributed by atoms with van der Waals surface area (Å²) in [6.07, 6.45) is 0.325. The van der Waals surface area contributed by atoms with Gasteiger partial charge in [-0.05, 0) is 0 Å². The van der Waals surface area contributed by atoms with Crippen LogP contribution in [0.1, 0.15) is 13.3 Å². The van der Waals surface area contributed by atoms with Crippen LogP contribution in [0.15, 0.2) is 0 Å². The van der Waals surface area contributed by atoms with Crippen molar-refractivity contribution in [2.75, 3.05) is 0 Å². The van der Waals surface area contributed by atoms with E-state index in [2.05, 4.69) is 7.59 Å². The van der Waals surface area contributed by atoms with Crippen molar-refractivity contribution in [3.05, 3.63) is 0 Å². The molecule has 0 rings (SSSR count). The van der Waals surface area contributed by atoms with Gasteiger partial charge in [-0.2, -0.15) is 0 Å². The maximum absolute atomic E-state index is 11.1. The zero-order valence-corrected chi connectivity index (χ0v) is 10.1. The van der Waals surface area contributed by atoms with Crippen LogP contribution in [0, 0.1) is 5.92 Å². The van der Waals surface area contributed by atoms with Gasteiger partial charge in [0.1, 0.15) is 0 Å². The van der Waals surface area contributed by atoms with Crippen LogP contribution >= 0.6 is 8.96 Å². The third kappa shape index (κ3) is 4.70. The monoisotopic (exact) mass is 321 g/mol. The van der Waals surface area contributed by atoms with Gasteiger partial charge in [-0.25, -0.2) is 0 Å². The van der Waals surface area contributed by atoms with Crippen molar-refractivity contribution in [2.45, 2.75) is 13.3 Å². The van der Waals surface area contributed by atoms with Crippen molar-refractivity contribution in [1.82, 2.24) is 0 Å². The molecule has 0 aromatic rings. The van der Waals surface area contributed by atoms with Crippen LogP contribution in [-0.4, -0.2) is 11.9 Å². The average molecular weight is 321 g/mol. The van der Waals surface area contributed by atoms with Gasteiger partial charge in [-0.1, -0.05) is 0 Å². The van der Waals surface area contributed by atoms with Gasteiger partial charge in [0.25, 0.3) is 0 Å². The molecule has 0 fully saturated rings. The molecular formula is C5H11IN2O4P-. The first-order valence-electron chi connectivity index (χ1n) is 3.37. The van der Waals surface area contributed by atoms with Crippen molar-refractivity contribution in [3.8, 4) is 0 Å². The van der Waals surface area contributed by atoms with Crippen molar-refractivity contribution >= 4 is 20.9 Å². The number of nitrogens with two attached hydrogens (primary N) is 2. The molecule has 0 amide bonds. The van der Waals surface area contributed by atoms with E-state index in [0.717, 1.165) is 0 Å². The Labute approximate surface area is 88.8 Å². The fraction of sp³-hybridized carbons (Fsp3) is 0.600. The summed E-state index contributed by atoms with van der Waals surface area (Å²) in [6.45, 7) is 1.68. The zero-order valence-electron chi connectivity index (χ0n) is 6.95. The summed E-state index contributed by atoms with van der Waals surface area (Å²) in [6, 6.07) is 0. The molecule has 8 heteroatoms. The molecule has 0 saturated heterocycles. The van der Waals surface area contributed by atoms with Gasteiger partial charge in [-0.15, -0.1) is 0 Å². The molecule has 13 heavy (non-hydrogen) atoms. The van der Waals surface area contributed by atoms with Crippen LogP contribution in [0.4, 0.5) is 0 Å². The van der Waals surface area contributed by atoms with E-state index in [-0.39, 0.29) is 0 Å². The van der Waals surface area contributed by atoms with Gasteiger partial charge >= 0.3 is 88.7 Å². The van der Waals surface area contributed by atoms with Gasteiger partial charge in [-0.3, -0.25) is 0 Å². The molecule has 2 unspecified atom stereocenters. The van der Waals surface area contributed by atoms with Crippen molar-refractivity contribution in [1.29, 1.82) is 0 Å². The molecule has 0 heterocycles. The van der Waals surface area contributed by atoms with Crippen LogP contribution in [0.2, 0.25) is 0 Å². The normalized spacial score (nSPS) is 13.2. The fourth-order valence-electron chi connectivity index (χ4n) is 0.656. The molecule has 0 aromatic carbocycles. The molecule has 4 N–H and O–H groups in total. The number of hydrogen-bond acceptors (Lipinski definition) is 6. The van der Waals surface area contributed by atoms with Gasteiger partial charge in [0.15, 0.2) is 0 Å². The first kappa shape index (κ1) is 13.0. The SMILES string of the molecule is CCC(C(=O)OPN)C(=O)O[I-]N. The van der Waals surface area contributed by atoms with E-state index in [0.29, 0.717) is 6.42 Å². The Kier molecular flexibility index (Phi) is 7.44. The van der Waals surface area contributed by atoms with Gasteiger partial charge in [0.2, 0.25) is 0 Å². The molecule has 6 nitrogen and oxygen atoms in total. The Morgan fingerprint density at radius 3 is 2.54 bits per heavy atom. The molecule has 0 aromatic heterocycles. The molecule has 2 atom stereocenters. The third-order valence-electron chi connectivity index (χ3n) is 1.26. The van der Waals surface area contributed by atoms with Crippen molar-refractivity contribution in [2.24, 2.45) is 15.4 Å². The van der Waals surface area contributed by atoms with Crippen molar-refractivity contribution in [3.63, 3.8) is 0 Å². The molecule has 0 spiro atoms. The van der Waals surface area contributed by atoms with E-state index in [1.165, 1.54) is 0 Å². The van der Waals surface area contributed by atoms with Crippen LogP contribution in [-0.2, 0) is 17.2 Å². The van der Waals surface area contributed by atoms with E-state index < -0.39 is 48.7 Å². The van der Waals surface area contributed by atoms with E-state index in [4.69, 9.17) is 9.45 Å². The summed E-state index contributed by atoms with van der Waals surface area (Å²) in [5, 5.41) is 0.